The smallest absolute Gasteiger partial charge is 0.252 e. The molecule has 2 aromatic rings. The molecule has 0 aliphatic rings. The molecule has 0 aliphatic heterocycles. The number of rotatable bonds is 5. The third kappa shape index (κ3) is 3.89. The van der Waals surface area contributed by atoms with Crippen LogP contribution in [0, 0.1) is 6.92 Å². The molecule has 0 saturated carbocycles. The van der Waals surface area contributed by atoms with Crippen LogP contribution in [-0.2, 0) is 6.42 Å². The minimum Gasteiger partial charge on any atom is -0.352 e. The van der Waals surface area contributed by atoms with Crippen LogP contribution < -0.4 is 5.32 Å². The molecule has 2 heterocycles. The summed E-state index contributed by atoms with van der Waals surface area (Å²) in [7, 11) is 0. The van der Waals surface area contributed by atoms with Crippen LogP contribution in [0.1, 0.15) is 28.0 Å². The fourth-order valence-corrected chi connectivity index (χ4v) is 1.96. The van der Waals surface area contributed by atoms with Crippen molar-refractivity contribution in [3.05, 3.63) is 46.0 Å². The fraction of sp³-hybridized carbons (Fsp3) is 0.308. The average Bonchev–Trinajstić information content (AvgIpc) is 2.81. The van der Waals surface area contributed by atoms with Gasteiger partial charge in [-0.3, -0.25) is 9.89 Å². The summed E-state index contributed by atoms with van der Waals surface area (Å²) >= 11 is 3.24. The van der Waals surface area contributed by atoms with Crippen molar-refractivity contribution in [2.24, 2.45) is 0 Å². The van der Waals surface area contributed by atoms with E-state index in [1.54, 1.807) is 18.3 Å². The molecule has 6 heteroatoms. The summed E-state index contributed by atoms with van der Waals surface area (Å²) < 4.78 is 0.722. The van der Waals surface area contributed by atoms with Crippen LogP contribution >= 0.6 is 15.9 Å². The van der Waals surface area contributed by atoms with E-state index in [-0.39, 0.29) is 5.91 Å². The highest BCUT2D eigenvalue weighted by Gasteiger charge is 2.05. The lowest BCUT2D eigenvalue weighted by Gasteiger charge is -2.04. The van der Waals surface area contributed by atoms with E-state index in [1.165, 1.54) is 5.56 Å². The van der Waals surface area contributed by atoms with E-state index >= 15 is 0 Å². The summed E-state index contributed by atoms with van der Waals surface area (Å²) in [6.07, 6.45) is 5.17. The van der Waals surface area contributed by atoms with Gasteiger partial charge in [0.2, 0.25) is 0 Å². The molecule has 0 saturated heterocycles. The number of hydrogen-bond acceptors (Lipinski definition) is 3. The summed E-state index contributed by atoms with van der Waals surface area (Å²) in [5.74, 6) is -0.0936. The summed E-state index contributed by atoms with van der Waals surface area (Å²) in [5.41, 5.74) is 2.85. The highest BCUT2D eigenvalue weighted by molar-refractivity contribution is 9.10. The topological polar surface area (TPSA) is 70.7 Å². The van der Waals surface area contributed by atoms with Gasteiger partial charge in [0.05, 0.1) is 11.8 Å². The monoisotopic (exact) mass is 322 g/mol. The summed E-state index contributed by atoms with van der Waals surface area (Å²) in [6.45, 7) is 2.63. The van der Waals surface area contributed by atoms with Crippen molar-refractivity contribution >= 4 is 21.8 Å². The van der Waals surface area contributed by atoms with Crippen LogP contribution in [0.4, 0.5) is 0 Å². The number of aryl methyl sites for hydroxylation is 2. The van der Waals surface area contributed by atoms with Crippen LogP contribution in [0.15, 0.2) is 29.1 Å². The zero-order valence-corrected chi connectivity index (χ0v) is 12.2. The first-order valence-corrected chi connectivity index (χ1v) is 6.84. The first kappa shape index (κ1) is 13.7. The maximum atomic E-state index is 11.8. The van der Waals surface area contributed by atoms with Crippen molar-refractivity contribution in [2.75, 3.05) is 6.54 Å². The van der Waals surface area contributed by atoms with Gasteiger partial charge in [-0.1, -0.05) is 0 Å². The SMILES string of the molecule is Cc1[nH]ncc1CCCNC(=O)c1ccc(Br)nc1. The second-order valence-electron chi connectivity index (χ2n) is 4.25. The van der Waals surface area contributed by atoms with Gasteiger partial charge < -0.3 is 5.32 Å². The molecule has 0 radical (unpaired) electrons. The molecule has 0 atom stereocenters. The Balaban J connectivity index is 1.75. The highest BCUT2D eigenvalue weighted by atomic mass is 79.9. The van der Waals surface area contributed by atoms with Gasteiger partial charge in [0, 0.05) is 18.4 Å². The number of aromatic nitrogens is 3. The van der Waals surface area contributed by atoms with Crippen LogP contribution in [0.5, 0.6) is 0 Å². The van der Waals surface area contributed by atoms with E-state index in [4.69, 9.17) is 0 Å². The molecule has 100 valence electrons. The highest BCUT2D eigenvalue weighted by Crippen LogP contribution is 2.07. The number of carbonyl (C=O) groups is 1. The Hall–Kier alpha value is -1.69. The largest absolute Gasteiger partial charge is 0.352 e. The van der Waals surface area contributed by atoms with E-state index in [0.717, 1.165) is 23.1 Å². The normalized spacial score (nSPS) is 10.4. The third-order valence-electron chi connectivity index (χ3n) is 2.83. The minimum absolute atomic E-state index is 0.0936. The zero-order chi connectivity index (χ0) is 13.7. The number of nitrogens with zero attached hydrogens (tertiary/aromatic N) is 2. The van der Waals surface area contributed by atoms with Crippen molar-refractivity contribution in [1.29, 1.82) is 0 Å². The van der Waals surface area contributed by atoms with Crippen LogP contribution in [0.2, 0.25) is 0 Å². The standard InChI is InChI=1S/C13H15BrN4O/c1-9-10(8-17-18-9)3-2-6-15-13(19)11-4-5-12(14)16-7-11/h4-5,7-8H,2-3,6H2,1H3,(H,15,19)(H,17,18). The zero-order valence-electron chi connectivity index (χ0n) is 10.6. The molecule has 0 spiro atoms. The molecule has 2 aromatic heterocycles. The van der Waals surface area contributed by atoms with Crippen LogP contribution in [-0.4, -0.2) is 27.6 Å². The number of aromatic amines is 1. The van der Waals surface area contributed by atoms with Gasteiger partial charge in [0.15, 0.2) is 0 Å². The lowest BCUT2D eigenvalue weighted by molar-refractivity contribution is 0.0953. The maximum Gasteiger partial charge on any atom is 0.252 e. The fourth-order valence-electron chi connectivity index (χ4n) is 1.72. The molecule has 1 amide bonds. The molecule has 0 unspecified atom stereocenters. The Morgan fingerprint density at radius 3 is 2.89 bits per heavy atom. The maximum absolute atomic E-state index is 11.8. The summed E-state index contributed by atoms with van der Waals surface area (Å²) in [4.78, 5) is 15.8. The van der Waals surface area contributed by atoms with Crippen molar-refractivity contribution in [2.45, 2.75) is 19.8 Å². The van der Waals surface area contributed by atoms with E-state index in [9.17, 15) is 4.79 Å². The first-order chi connectivity index (χ1) is 9.16. The predicted octanol–water partition coefficient (Wildman–Crippen LogP) is 2.24. The number of hydrogen-bond donors (Lipinski definition) is 2. The lowest BCUT2D eigenvalue weighted by Crippen LogP contribution is -2.24. The Labute approximate surface area is 120 Å². The number of carbonyl (C=O) groups excluding carboxylic acids is 1. The quantitative estimate of drug-likeness (QED) is 0.655. The summed E-state index contributed by atoms with van der Waals surface area (Å²) in [5, 5.41) is 9.74. The van der Waals surface area contributed by atoms with Gasteiger partial charge >= 0.3 is 0 Å². The Kier molecular flexibility index (Phi) is 4.68. The molecule has 0 bridgehead atoms. The summed E-state index contributed by atoms with van der Waals surface area (Å²) in [6, 6.07) is 3.50. The predicted molar refractivity (Wildman–Crippen MR) is 75.9 cm³/mol. The van der Waals surface area contributed by atoms with Gasteiger partial charge in [-0.05, 0) is 53.4 Å². The molecular weight excluding hydrogens is 308 g/mol. The van der Waals surface area contributed by atoms with Crippen molar-refractivity contribution < 1.29 is 4.79 Å². The molecule has 2 rings (SSSR count). The first-order valence-electron chi connectivity index (χ1n) is 6.05. The van der Waals surface area contributed by atoms with E-state index < -0.39 is 0 Å². The van der Waals surface area contributed by atoms with E-state index in [0.29, 0.717) is 12.1 Å². The van der Waals surface area contributed by atoms with E-state index in [2.05, 4.69) is 36.4 Å². The molecular formula is C13H15BrN4O. The van der Waals surface area contributed by atoms with Crippen molar-refractivity contribution in [1.82, 2.24) is 20.5 Å². The second-order valence-corrected chi connectivity index (χ2v) is 5.06. The lowest BCUT2D eigenvalue weighted by atomic mass is 10.1. The van der Waals surface area contributed by atoms with Gasteiger partial charge in [0.1, 0.15) is 4.60 Å². The molecule has 0 aromatic carbocycles. The molecule has 0 fully saturated rings. The molecule has 19 heavy (non-hydrogen) atoms. The van der Waals surface area contributed by atoms with E-state index in [1.807, 2.05) is 13.1 Å². The van der Waals surface area contributed by atoms with Crippen LogP contribution in [0.25, 0.3) is 0 Å². The number of H-pyrrole nitrogens is 1. The van der Waals surface area contributed by atoms with Crippen molar-refractivity contribution in [3.63, 3.8) is 0 Å². The Morgan fingerprint density at radius 2 is 2.26 bits per heavy atom. The Bertz CT molecular complexity index is 550. The van der Waals surface area contributed by atoms with Gasteiger partial charge in [-0.2, -0.15) is 5.10 Å². The second kappa shape index (κ2) is 6.47. The van der Waals surface area contributed by atoms with Gasteiger partial charge in [-0.15, -0.1) is 0 Å². The number of amides is 1. The molecule has 2 N–H and O–H groups in total. The van der Waals surface area contributed by atoms with Gasteiger partial charge in [-0.25, -0.2) is 4.98 Å². The number of nitrogens with one attached hydrogen (secondary N) is 2. The third-order valence-corrected chi connectivity index (χ3v) is 3.30. The number of pyridine rings is 1. The average molecular weight is 323 g/mol. The molecule has 5 nitrogen and oxygen atoms in total. The van der Waals surface area contributed by atoms with Crippen LogP contribution in [0.3, 0.4) is 0 Å². The Morgan fingerprint density at radius 1 is 1.42 bits per heavy atom. The van der Waals surface area contributed by atoms with Crippen molar-refractivity contribution in [3.8, 4) is 0 Å². The minimum atomic E-state index is -0.0936. The molecule has 0 aliphatic carbocycles. The van der Waals surface area contributed by atoms with Gasteiger partial charge in [0.25, 0.3) is 5.91 Å². The number of halogens is 1.